The second-order valence-corrected chi connectivity index (χ2v) is 9.51. The molecule has 30 heavy (non-hydrogen) atoms. The molecule has 0 saturated carbocycles. The molecule has 7 nitrogen and oxygen atoms in total. The third-order valence-electron chi connectivity index (χ3n) is 6.32. The molecule has 2 aliphatic rings. The van der Waals surface area contributed by atoms with Crippen molar-refractivity contribution in [3.63, 3.8) is 0 Å². The van der Waals surface area contributed by atoms with Crippen LogP contribution in [0.5, 0.6) is 0 Å². The Kier molecular flexibility index (Phi) is 5.71. The second-order valence-electron chi connectivity index (χ2n) is 8.73. The molecule has 2 fully saturated rings. The summed E-state index contributed by atoms with van der Waals surface area (Å²) < 4.78 is 7.74. The number of thiophene rings is 1. The summed E-state index contributed by atoms with van der Waals surface area (Å²) in [6.07, 6.45) is 4.46. The number of ether oxygens (including phenoxy) is 1. The Morgan fingerprint density at radius 3 is 2.60 bits per heavy atom. The van der Waals surface area contributed by atoms with Crippen molar-refractivity contribution in [1.82, 2.24) is 24.7 Å². The molecule has 0 aromatic carbocycles. The number of morpholine rings is 1. The highest BCUT2D eigenvalue weighted by Crippen LogP contribution is 2.26. The minimum absolute atomic E-state index is 0.355. The average Bonchev–Trinajstić information content (AvgIpc) is 3.41. The maximum absolute atomic E-state index is 5.86. The highest BCUT2D eigenvalue weighted by Gasteiger charge is 2.25. The Hall–Kier alpha value is -2.03. The van der Waals surface area contributed by atoms with Crippen molar-refractivity contribution in [2.24, 2.45) is 5.92 Å². The quantitative estimate of drug-likeness (QED) is 0.622. The molecule has 0 aliphatic carbocycles. The standard InChI is InChI=1S/C22H30N6OS/c1-16-13-26(14-17(2)29-16)9-5-18-6-10-27(11-7-18)21-4-3-20-23-24-22(28(20)25-21)19-8-12-30-15-19/h3-4,8,12,15-18H,5-7,9-11,13-14H2,1-2H3. The largest absolute Gasteiger partial charge is 0.373 e. The van der Waals surface area contributed by atoms with Crippen LogP contribution < -0.4 is 4.90 Å². The first kappa shape index (κ1) is 19.9. The van der Waals surface area contributed by atoms with E-state index in [2.05, 4.69) is 56.7 Å². The zero-order valence-corrected chi connectivity index (χ0v) is 18.6. The number of nitrogens with zero attached hydrogens (tertiary/aromatic N) is 6. The number of rotatable bonds is 5. The zero-order valence-electron chi connectivity index (χ0n) is 17.8. The van der Waals surface area contributed by atoms with E-state index in [1.807, 2.05) is 10.6 Å². The lowest BCUT2D eigenvalue weighted by molar-refractivity contribution is -0.0690. The number of fused-ring (bicyclic) bond motifs is 1. The fourth-order valence-corrected chi connectivity index (χ4v) is 5.44. The lowest BCUT2D eigenvalue weighted by Gasteiger charge is -2.37. The fraction of sp³-hybridized carbons (Fsp3) is 0.591. The van der Waals surface area contributed by atoms with Crippen LogP contribution in [-0.4, -0.2) is 69.6 Å². The molecular weight excluding hydrogens is 396 g/mol. The van der Waals surface area contributed by atoms with Gasteiger partial charge in [-0.15, -0.1) is 15.3 Å². The maximum Gasteiger partial charge on any atom is 0.186 e. The van der Waals surface area contributed by atoms with E-state index in [1.165, 1.54) is 25.8 Å². The van der Waals surface area contributed by atoms with Crippen molar-refractivity contribution < 1.29 is 4.74 Å². The van der Waals surface area contributed by atoms with E-state index in [9.17, 15) is 0 Å². The Bertz CT molecular complexity index is 955. The van der Waals surface area contributed by atoms with Gasteiger partial charge in [0.2, 0.25) is 0 Å². The topological polar surface area (TPSA) is 58.8 Å². The molecular formula is C22H30N6OS. The fourth-order valence-electron chi connectivity index (χ4n) is 4.80. The van der Waals surface area contributed by atoms with Gasteiger partial charge in [-0.05, 0) is 69.2 Å². The van der Waals surface area contributed by atoms with E-state index in [1.54, 1.807) is 11.3 Å². The number of aromatic nitrogens is 4. The number of piperidine rings is 1. The molecule has 0 spiro atoms. The molecule has 5 heterocycles. The summed E-state index contributed by atoms with van der Waals surface area (Å²) in [7, 11) is 0. The van der Waals surface area contributed by atoms with Gasteiger partial charge in [0.25, 0.3) is 0 Å². The smallest absolute Gasteiger partial charge is 0.186 e. The van der Waals surface area contributed by atoms with Crippen molar-refractivity contribution in [3.05, 3.63) is 29.0 Å². The van der Waals surface area contributed by atoms with Gasteiger partial charge in [0, 0.05) is 37.1 Å². The van der Waals surface area contributed by atoms with Crippen LogP contribution in [0.15, 0.2) is 29.0 Å². The van der Waals surface area contributed by atoms with Gasteiger partial charge in [0.1, 0.15) is 5.82 Å². The van der Waals surface area contributed by atoms with Crippen molar-refractivity contribution in [3.8, 4) is 11.4 Å². The summed E-state index contributed by atoms with van der Waals surface area (Å²) >= 11 is 1.66. The summed E-state index contributed by atoms with van der Waals surface area (Å²) in [5, 5.41) is 17.6. The highest BCUT2D eigenvalue weighted by atomic mass is 32.1. The Morgan fingerprint density at radius 1 is 1.07 bits per heavy atom. The van der Waals surface area contributed by atoms with Crippen LogP contribution in [0, 0.1) is 5.92 Å². The van der Waals surface area contributed by atoms with E-state index in [0.717, 1.165) is 54.9 Å². The van der Waals surface area contributed by atoms with Crippen molar-refractivity contribution in [2.45, 2.75) is 45.3 Å². The van der Waals surface area contributed by atoms with Crippen LogP contribution in [-0.2, 0) is 4.74 Å². The van der Waals surface area contributed by atoms with Crippen molar-refractivity contribution >= 4 is 22.8 Å². The molecule has 2 aliphatic heterocycles. The number of hydrogen-bond acceptors (Lipinski definition) is 7. The predicted molar refractivity (Wildman–Crippen MR) is 120 cm³/mol. The molecule has 8 heteroatoms. The Labute approximate surface area is 181 Å². The lowest BCUT2D eigenvalue weighted by atomic mass is 9.93. The van der Waals surface area contributed by atoms with Crippen LogP contribution in [0.3, 0.4) is 0 Å². The summed E-state index contributed by atoms with van der Waals surface area (Å²) in [5.74, 6) is 2.64. The van der Waals surface area contributed by atoms with Gasteiger partial charge in [0.05, 0.1) is 12.2 Å². The zero-order chi connectivity index (χ0) is 20.5. The van der Waals surface area contributed by atoms with Crippen molar-refractivity contribution in [2.75, 3.05) is 37.6 Å². The molecule has 2 atom stereocenters. The lowest BCUT2D eigenvalue weighted by Crippen LogP contribution is -2.46. The minimum atomic E-state index is 0.355. The van der Waals surface area contributed by atoms with E-state index in [0.29, 0.717) is 12.2 Å². The third kappa shape index (κ3) is 4.22. The summed E-state index contributed by atoms with van der Waals surface area (Å²) in [5.41, 5.74) is 1.87. The molecule has 0 bridgehead atoms. The molecule has 5 rings (SSSR count). The predicted octanol–water partition coefficient (Wildman–Crippen LogP) is 3.57. The molecule has 0 N–H and O–H groups in total. The Balaban J connectivity index is 1.19. The molecule has 3 aromatic rings. The van der Waals surface area contributed by atoms with Crippen LogP contribution in [0.25, 0.3) is 17.0 Å². The molecule has 0 amide bonds. The summed E-state index contributed by atoms with van der Waals surface area (Å²) in [4.78, 5) is 4.99. The van der Waals surface area contributed by atoms with Crippen LogP contribution >= 0.6 is 11.3 Å². The van der Waals surface area contributed by atoms with Gasteiger partial charge >= 0.3 is 0 Å². The molecule has 2 saturated heterocycles. The van der Waals surface area contributed by atoms with E-state index >= 15 is 0 Å². The third-order valence-corrected chi connectivity index (χ3v) is 7.00. The van der Waals surface area contributed by atoms with Crippen LogP contribution in [0.1, 0.15) is 33.1 Å². The monoisotopic (exact) mass is 426 g/mol. The second kappa shape index (κ2) is 8.61. The van der Waals surface area contributed by atoms with Crippen LogP contribution in [0.2, 0.25) is 0 Å². The SMILES string of the molecule is CC1CN(CCC2CCN(c3ccc4nnc(-c5ccsc5)n4n3)CC2)CC(C)O1. The van der Waals surface area contributed by atoms with Gasteiger partial charge in [0.15, 0.2) is 11.5 Å². The van der Waals surface area contributed by atoms with E-state index < -0.39 is 0 Å². The number of anilines is 1. The van der Waals surface area contributed by atoms with Crippen molar-refractivity contribution in [1.29, 1.82) is 0 Å². The van der Waals surface area contributed by atoms with Gasteiger partial charge in [-0.25, -0.2) is 0 Å². The van der Waals surface area contributed by atoms with E-state index in [4.69, 9.17) is 9.84 Å². The normalized spacial score (nSPS) is 24.0. The summed E-state index contributed by atoms with van der Waals surface area (Å²) in [6.45, 7) is 9.83. The van der Waals surface area contributed by atoms with Gasteiger partial charge in [-0.2, -0.15) is 15.9 Å². The summed E-state index contributed by atoms with van der Waals surface area (Å²) in [6, 6.07) is 6.17. The highest BCUT2D eigenvalue weighted by molar-refractivity contribution is 7.08. The molecule has 0 radical (unpaired) electrons. The Morgan fingerprint density at radius 2 is 1.87 bits per heavy atom. The minimum Gasteiger partial charge on any atom is -0.373 e. The van der Waals surface area contributed by atoms with Crippen LogP contribution in [0.4, 0.5) is 5.82 Å². The molecule has 3 aromatic heterocycles. The van der Waals surface area contributed by atoms with E-state index in [-0.39, 0.29) is 0 Å². The van der Waals surface area contributed by atoms with Gasteiger partial charge < -0.3 is 9.64 Å². The van der Waals surface area contributed by atoms with Gasteiger partial charge in [-0.3, -0.25) is 4.90 Å². The first-order chi connectivity index (χ1) is 14.7. The average molecular weight is 427 g/mol. The molecule has 2 unspecified atom stereocenters. The van der Waals surface area contributed by atoms with Gasteiger partial charge in [-0.1, -0.05) is 0 Å². The first-order valence-electron chi connectivity index (χ1n) is 11.0. The number of hydrogen-bond donors (Lipinski definition) is 0. The molecule has 160 valence electrons. The first-order valence-corrected chi connectivity index (χ1v) is 12.0. The maximum atomic E-state index is 5.86.